The number of rotatable bonds is 3. The van der Waals surface area contributed by atoms with Crippen molar-refractivity contribution in [1.82, 2.24) is 0 Å². The predicted molar refractivity (Wildman–Crippen MR) is 75.7 cm³/mol. The van der Waals surface area contributed by atoms with Crippen molar-refractivity contribution in [2.75, 3.05) is 5.75 Å². The van der Waals surface area contributed by atoms with Gasteiger partial charge in [-0.2, -0.15) is 0 Å². The third-order valence-electron chi connectivity index (χ3n) is 1.97. The molecule has 0 aromatic heterocycles. The Morgan fingerprint density at radius 1 is 1.47 bits per heavy atom. The van der Waals surface area contributed by atoms with Gasteiger partial charge in [0.1, 0.15) is 0 Å². The topological polar surface area (TPSA) is 17.1 Å². The molecule has 0 aliphatic rings. The van der Waals surface area contributed by atoms with E-state index in [9.17, 15) is 9.18 Å². The Hall–Kier alpha value is -0.0600. The Morgan fingerprint density at radius 3 is 2.59 bits per heavy atom. The third kappa shape index (κ3) is 4.27. The van der Waals surface area contributed by atoms with Gasteiger partial charge in [0, 0.05) is 9.22 Å². The van der Waals surface area contributed by atoms with Crippen LogP contribution in [0.4, 0.5) is 4.39 Å². The van der Waals surface area contributed by atoms with E-state index in [1.54, 1.807) is 6.07 Å². The van der Waals surface area contributed by atoms with Crippen molar-refractivity contribution in [2.45, 2.75) is 25.5 Å². The molecule has 0 bridgehead atoms. The molecule has 17 heavy (non-hydrogen) atoms. The van der Waals surface area contributed by atoms with Crippen molar-refractivity contribution >= 4 is 45.1 Å². The van der Waals surface area contributed by atoms with E-state index in [0.29, 0.717) is 4.47 Å². The van der Waals surface area contributed by atoms with Crippen molar-refractivity contribution in [1.29, 1.82) is 0 Å². The first kappa shape index (κ1) is 15.0. The zero-order valence-corrected chi connectivity index (χ0v) is 13.0. The van der Waals surface area contributed by atoms with Gasteiger partial charge in [-0.05, 0) is 28.1 Å². The maximum atomic E-state index is 13.7. The fourth-order valence-corrected chi connectivity index (χ4v) is 2.29. The summed E-state index contributed by atoms with van der Waals surface area (Å²) in [4.78, 5) is 11.8. The highest BCUT2D eigenvalue weighted by molar-refractivity contribution is 9.10. The summed E-state index contributed by atoms with van der Waals surface area (Å²) in [6, 6.07) is 3.04. The van der Waals surface area contributed by atoms with E-state index >= 15 is 0 Å². The van der Waals surface area contributed by atoms with Gasteiger partial charge in [0.25, 0.3) is 0 Å². The number of hydrogen-bond acceptors (Lipinski definition) is 2. The van der Waals surface area contributed by atoms with Crippen molar-refractivity contribution in [3.63, 3.8) is 0 Å². The largest absolute Gasteiger partial charge is 0.293 e. The SMILES string of the molecule is CC(C)(C)SCC(=O)c1ccc(Br)c(Cl)c1F. The molecule has 0 aliphatic heterocycles. The van der Waals surface area contributed by atoms with Gasteiger partial charge in [-0.15, -0.1) is 11.8 Å². The molecule has 0 amide bonds. The van der Waals surface area contributed by atoms with Crippen molar-refractivity contribution in [3.8, 4) is 0 Å². The molecule has 0 radical (unpaired) electrons. The van der Waals surface area contributed by atoms with Gasteiger partial charge in [0.2, 0.25) is 0 Å². The lowest BCUT2D eigenvalue weighted by atomic mass is 10.1. The van der Waals surface area contributed by atoms with Crippen LogP contribution in [-0.2, 0) is 0 Å². The lowest BCUT2D eigenvalue weighted by Crippen LogP contribution is -2.14. The van der Waals surface area contributed by atoms with Crippen LogP contribution in [0, 0.1) is 5.82 Å². The van der Waals surface area contributed by atoms with Gasteiger partial charge >= 0.3 is 0 Å². The van der Waals surface area contributed by atoms with Crippen LogP contribution in [0.5, 0.6) is 0 Å². The van der Waals surface area contributed by atoms with E-state index in [-0.39, 0.29) is 26.9 Å². The van der Waals surface area contributed by atoms with Crippen LogP contribution in [-0.4, -0.2) is 16.3 Å². The fourth-order valence-electron chi connectivity index (χ4n) is 1.10. The summed E-state index contributed by atoms with van der Waals surface area (Å²) in [5.41, 5.74) is 0.0509. The number of carbonyl (C=O) groups is 1. The van der Waals surface area contributed by atoms with E-state index in [1.807, 2.05) is 20.8 Å². The summed E-state index contributed by atoms with van der Waals surface area (Å²) >= 11 is 10.3. The molecule has 1 nitrogen and oxygen atoms in total. The second-order valence-electron chi connectivity index (χ2n) is 4.55. The smallest absolute Gasteiger partial charge is 0.175 e. The molecule has 1 aromatic rings. The maximum absolute atomic E-state index is 13.7. The highest BCUT2D eigenvalue weighted by atomic mass is 79.9. The molecular weight excluding hydrogens is 327 g/mol. The van der Waals surface area contributed by atoms with Gasteiger partial charge in [-0.3, -0.25) is 4.79 Å². The average Bonchev–Trinajstić information content (AvgIpc) is 2.22. The molecular formula is C12H13BrClFOS. The Bertz CT molecular complexity index is 443. The molecule has 0 aliphatic carbocycles. The molecule has 5 heteroatoms. The molecule has 0 fully saturated rings. The molecule has 94 valence electrons. The molecule has 0 unspecified atom stereocenters. The lowest BCUT2D eigenvalue weighted by molar-refractivity contribution is 0.101. The number of ketones is 1. The number of halogens is 3. The quantitative estimate of drug-likeness (QED) is 0.572. The predicted octanol–water partition coefficient (Wildman–Crippen LogP) is 4.96. The Balaban J connectivity index is 2.87. The number of Topliss-reactive ketones (excluding diaryl/α,β-unsaturated/α-hetero) is 1. The van der Waals surface area contributed by atoms with E-state index < -0.39 is 5.82 Å². The Labute approximate surface area is 118 Å². The summed E-state index contributed by atoms with van der Waals surface area (Å²) in [5, 5.41) is -0.0448. The Morgan fingerprint density at radius 2 is 2.06 bits per heavy atom. The standard InChI is InChI=1S/C12H13BrClFOS/c1-12(2,3)17-6-9(16)7-4-5-8(13)10(14)11(7)15/h4-5H,6H2,1-3H3. The van der Waals surface area contributed by atoms with Crippen LogP contribution in [0.15, 0.2) is 16.6 Å². The van der Waals surface area contributed by atoms with Crippen molar-refractivity contribution < 1.29 is 9.18 Å². The van der Waals surface area contributed by atoms with Crippen LogP contribution in [0.3, 0.4) is 0 Å². The van der Waals surface area contributed by atoms with Crippen molar-refractivity contribution in [2.24, 2.45) is 0 Å². The molecule has 0 spiro atoms. The monoisotopic (exact) mass is 338 g/mol. The summed E-state index contributed by atoms with van der Waals surface area (Å²) < 4.78 is 14.2. The van der Waals surface area contributed by atoms with Gasteiger partial charge < -0.3 is 0 Å². The molecule has 0 heterocycles. The maximum Gasteiger partial charge on any atom is 0.175 e. The minimum Gasteiger partial charge on any atom is -0.293 e. The number of thioether (sulfide) groups is 1. The zero-order valence-electron chi connectivity index (χ0n) is 9.81. The second kappa shape index (κ2) is 5.72. The van der Waals surface area contributed by atoms with Gasteiger partial charge in [-0.25, -0.2) is 4.39 Å². The lowest BCUT2D eigenvalue weighted by Gasteiger charge is -2.16. The number of benzene rings is 1. The zero-order chi connectivity index (χ0) is 13.2. The summed E-state index contributed by atoms with van der Waals surface area (Å²) in [7, 11) is 0. The van der Waals surface area contributed by atoms with Crippen molar-refractivity contribution in [3.05, 3.63) is 33.0 Å². The minimum absolute atomic E-state index is 0.0225. The average molecular weight is 340 g/mol. The first-order valence-electron chi connectivity index (χ1n) is 5.03. The highest BCUT2D eigenvalue weighted by Gasteiger charge is 2.19. The van der Waals surface area contributed by atoms with Gasteiger partial charge in [0.15, 0.2) is 11.6 Å². The van der Waals surface area contributed by atoms with Gasteiger partial charge in [0.05, 0.1) is 16.3 Å². The summed E-state index contributed by atoms with van der Waals surface area (Å²) in [5.74, 6) is -0.643. The fraction of sp³-hybridized carbons (Fsp3) is 0.417. The van der Waals surface area contributed by atoms with E-state index in [0.717, 1.165) is 0 Å². The first-order chi connectivity index (χ1) is 7.72. The van der Waals surface area contributed by atoms with E-state index in [4.69, 9.17) is 11.6 Å². The molecule has 0 atom stereocenters. The minimum atomic E-state index is -0.652. The van der Waals surface area contributed by atoms with Crippen LogP contribution in [0.25, 0.3) is 0 Å². The van der Waals surface area contributed by atoms with Crippen LogP contribution < -0.4 is 0 Å². The molecule has 0 saturated heterocycles. The molecule has 1 aromatic carbocycles. The highest BCUT2D eigenvalue weighted by Crippen LogP contribution is 2.29. The van der Waals surface area contributed by atoms with Crippen LogP contribution >= 0.6 is 39.3 Å². The summed E-state index contributed by atoms with van der Waals surface area (Å²) in [6.45, 7) is 6.03. The third-order valence-corrected chi connectivity index (χ3v) is 4.50. The molecule has 0 saturated carbocycles. The normalized spacial score (nSPS) is 11.6. The molecule has 1 rings (SSSR count). The van der Waals surface area contributed by atoms with E-state index in [1.165, 1.54) is 17.8 Å². The van der Waals surface area contributed by atoms with E-state index in [2.05, 4.69) is 15.9 Å². The van der Waals surface area contributed by atoms with Gasteiger partial charge in [-0.1, -0.05) is 32.4 Å². The van der Waals surface area contributed by atoms with Crippen LogP contribution in [0.2, 0.25) is 5.02 Å². The number of carbonyl (C=O) groups excluding carboxylic acids is 1. The first-order valence-corrected chi connectivity index (χ1v) is 7.18. The number of hydrogen-bond donors (Lipinski definition) is 0. The summed E-state index contributed by atoms with van der Waals surface area (Å²) in [6.07, 6.45) is 0. The second-order valence-corrected chi connectivity index (χ2v) is 7.58. The van der Waals surface area contributed by atoms with Crippen LogP contribution in [0.1, 0.15) is 31.1 Å². The molecule has 0 N–H and O–H groups in total. The Kier molecular flexibility index (Phi) is 5.05.